The van der Waals surface area contributed by atoms with Crippen molar-refractivity contribution in [2.24, 2.45) is 0 Å². The van der Waals surface area contributed by atoms with Crippen molar-refractivity contribution < 1.29 is 9.00 Å². The summed E-state index contributed by atoms with van der Waals surface area (Å²) in [7, 11) is -2.75. The molecule has 2 atom stereocenters. The molecule has 1 aromatic heterocycles. The SMILES string of the molecule is CC1([S@@](C)(=N)=O)C=CC(C(=O)Nc2cc(-c3cccs3)ccc2N)=CC1. The third-order valence-corrected chi connectivity index (χ3v) is 7.60. The largest absolute Gasteiger partial charge is 0.397 e. The van der Waals surface area contributed by atoms with E-state index in [1.807, 2.05) is 29.6 Å². The van der Waals surface area contributed by atoms with Crippen molar-refractivity contribution in [1.29, 1.82) is 4.78 Å². The predicted octanol–water partition coefficient (Wildman–Crippen LogP) is 4.26. The van der Waals surface area contributed by atoms with Gasteiger partial charge < -0.3 is 11.1 Å². The number of thiophene rings is 1. The van der Waals surface area contributed by atoms with E-state index < -0.39 is 14.5 Å². The van der Waals surface area contributed by atoms with Crippen LogP contribution in [0, 0.1) is 4.78 Å². The van der Waals surface area contributed by atoms with Crippen LogP contribution in [0.25, 0.3) is 10.4 Å². The van der Waals surface area contributed by atoms with E-state index in [1.54, 1.807) is 42.6 Å². The third kappa shape index (κ3) is 3.59. The second-order valence-corrected chi connectivity index (χ2v) is 10.2. The van der Waals surface area contributed by atoms with E-state index >= 15 is 0 Å². The predicted molar refractivity (Wildman–Crippen MR) is 110 cm³/mol. The topological polar surface area (TPSA) is 96.0 Å². The second-order valence-electron chi connectivity index (χ2n) is 6.59. The Labute approximate surface area is 157 Å². The van der Waals surface area contributed by atoms with Crippen LogP contribution in [0.3, 0.4) is 0 Å². The molecular formula is C19H21N3O2S2. The quantitative estimate of drug-likeness (QED) is 0.684. The molecule has 3 rings (SSSR count). The highest BCUT2D eigenvalue weighted by molar-refractivity contribution is 7.93. The normalized spacial score (nSPS) is 21.7. The van der Waals surface area contributed by atoms with Crippen molar-refractivity contribution in [2.75, 3.05) is 17.3 Å². The van der Waals surface area contributed by atoms with Gasteiger partial charge in [0.25, 0.3) is 5.91 Å². The van der Waals surface area contributed by atoms with Gasteiger partial charge in [-0.1, -0.05) is 30.4 Å². The first-order valence-corrected chi connectivity index (χ1v) is 10.9. The van der Waals surface area contributed by atoms with Crippen LogP contribution in [-0.2, 0) is 14.5 Å². The van der Waals surface area contributed by atoms with Crippen LogP contribution in [0.2, 0.25) is 0 Å². The summed E-state index contributed by atoms with van der Waals surface area (Å²) in [4.78, 5) is 13.7. The summed E-state index contributed by atoms with van der Waals surface area (Å²) < 4.78 is 19.2. The Kier molecular flexibility index (Phi) is 4.77. The highest BCUT2D eigenvalue weighted by Crippen LogP contribution is 2.32. The molecule has 26 heavy (non-hydrogen) atoms. The van der Waals surface area contributed by atoms with E-state index in [2.05, 4.69) is 5.32 Å². The Balaban J connectivity index is 1.79. The van der Waals surface area contributed by atoms with Crippen molar-refractivity contribution in [2.45, 2.75) is 18.1 Å². The zero-order valence-corrected chi connectivity index (χ0v) is 16.2. The molecule has 2 aromatic rings. The summed E-state index contributed by atoms with van der Waals surface area (Å²) >= 11 is 1.62. The first-order valence-electron chi connectivity index (χ1n) is 8.07. The van der Waals surface area contributed by atoms with E-state index in [4.69, 9.17) is 10.5 Å². The molecule has 1 amide bonds. The Morgan fingerprint density at radius 1 is 1.38 bits per heavy atom. The summed E-state index contributed by atoms with van der Waals surface area (Å²) in [5, 5.41) is 4.85. The number of benzene rings is 1. The van der Waals surface area contributed by atoms with Crippen LogP contribution < -0.4 is 11.1 Å². The van der Waals surface area contributed by atoms with Crippen molar-refractivity contribution >= 4 is 38.3 Å². The summed E-state index contributed by atoms with van der Waals surface area (Å²) in [5.41, 5.74) is 8.53. The molecule has 1 aromatic carbocycles. The van der Waals surface area contributed by atoms with E-state index in [0.29, 0.717) is 23.4 Å². The summed E-state index contributed by atoms with van der Waals surface area (Å²) in [6, 6.07) is 9.55. The molecule has 1 aliphatic carbocycles. The molecule has 1 aliphatic rings. The second kappa shape index (κ2) is 6.74. The van der Waals surface area contributed by atoms with Crippen LogP contribution >= 0.6 is 11.3 Å². The highest BCUT2D eigenvalue weighted by Gasteiger charge is 2.31. The van der Waals surface area contributed by atoms with Gasteiger partial charge in [-0.25, -0.2) is 4.21 Å². The van der Waals surface area contributed by atoms with Gasteiger partial charge in [-0.3, -0.25) is 9.57 Å². The summed E-state index contributed by atoms with van der Waals surface area (Å²) in [6.07, 6.45) is 6.87. The van der Waals surface area contributed by atoms with Crippen molar-refractivity contribution in [1.82, 2.24) is 0 Å². The first kappa shape index (κ1) is 18.4. The van der Waals surface area contributed by atoms with E-state index in [1.165, 1.54) is 6.26 Å². The molecule has 0 fully saturated rings. The average molecular weight is 388 g/mol. The molecule has 7 heteroatoms. The van der Waals surface area contributed by atoms with Gasteiger partial charge in [0.2, 0.25) is 0 Å². The van der Waals surface area contributed by atoms with Gasteiger partial charge in [0, 0.05) is 16.7 Å². The lowest BCUT2D eigenvalue weighted by molar-refractivity contribution is -0.112. The number of hydrogen-bond acceptors (Lipinski definition) is 5. The molecule has 5 nitrogen and oxygen atoms in total. The van der Waals surface area contributed by atoms with Crippen LogP contribution in [0.5, 0.6) is 0 Å². The van der Waals surface area contributed by atoms with Crippen molar-refractivity contribution in [3.05, 3.63) is 59.5 Å². The Bertz CT molecular complexity index is 1010. The minimum Gasteiger partial charge on any atom is -0.397 e. The molecule has 136 valence electrons. The fraction of sp³-hybridized carbons (Fsp3) is 0.211. The van der Waals surface area contributed by atoms with Gasteiger partial charge >= 0.3 is 0 Å². The van der Waals surface area contributed by atoms with Crippen LogP contribution in [-0.4, -0.2) is 21.1 Å². The number of carbonyl (C=O) groups excluding carboxylic acids is 1. The number of nitrogens with two attached hydrogens (primary N) is 1. The molecule has 0 saturated carbocycles. The maximum atomic E-state index is 12.6. The lowest BCUT2D eigenvalue weighted by Gasteiger charge is -2.28. The van der Waals surface area contributed by atoms with Gasteiger partial charge in [0.05, 0.1) is 25.9 Å². The summed E-state index contributed by atoms with van der Waals surface area (Å²) in [5.74, 6) is -0.272. The fourth-order valence-electron chi connectivity index (χ4n) is 2.63. The molecule has 0 radical (unpaired) electrons. The van der Waals surface area contributed by atoms with Crippen molar-refractivity contribution in [3.8, 4) is 10.4 Å². The Morgan fingerprint density at radius 3 is 2.73 bits per heavy atom. The minimum atomic E-state index is -2.75. The van der Waals surface area contributed by atoms with E-state index in [9.17, 15) is 9.00 Å². The molecule has 4 N–H and O–H groups in total. The molecule has 0 aliphatic heterocycles. The molecular weight excluding hydrogens is 366 g/mol. The van der Waals surface area contributed by atoms with Gasteiger partial charge in [-0.05, 0) is 42.5 Å². The lowest BCUT2D eigenvalue weighted by Crippen LogP contribution is -2.33. The number of nitrogen functional groups attached to an aromatic ring is 1. The Morgan fingerprint density at radius 2 is 2.15 bits per heavy atom. The maximum Gasteiger partial charge on any atom is 0.255 e. The number of amides is 1. The average Bonchev–Trinajstić information content (AvgIpc) is 3.11. The molecule has 1 unspecified atom stereocenters. The Hall–Kier alpha value is -2.38. The molecule has 0 bridgehead atoms. The molecule has 0 spiro atoms. The minimum absolute atomic E-state index is 0.272. The van der Waals surface area contributed by atoms with E-state index in [0.717, 1.165) is 10.4 Å². The lowest BCUT2D eigenvalue weighted by atomic mass is 9.97. The smallest absolute Gasteiger partial charge is 0.255 e. The number of allylic oxidation sites excluding steroid dienone is 1. The standard InChI is InChI=1S/C19H21N3O2S2/c1-19(26(2,21)24)9-7-13(8-10-19)18(23)22-16-12-14(5-6-15(16)20)17-4-3-11-25-17/h3-9,11-12,21H,10,20H2,1-2H3,(H,22,23)/t19?,26-/m0/s1. The number of nitrogens with one attached hydrogen (secondary N) is 2. The zero-order valence-electron chi connectivity index (χ0n) is 14.6. The number of carbonyl (C=O) groups is 1. The number of anilines is 2. The van der Waals surface area contributed by atoms with Crippen LogP contribution in [0.1, 0.15) is 13.3 Å². The third-order valence-electron chi connectivity index (χ3n) is 4.60. The molecule has 1 heterocycles. The first-order chi connectivity index (χ1) is 12.2. The number of rotatable bonds is 4. The van der Waals surface area contributed by atoms with Crippen molar-refractivity contribution in [3.63, 3.8) is 0 Å². The summed E-state index contributed by atoms with van der Waals surface area (Å²) in [6.45, 7) is 1.77. The van der Waals surface area contributed by atoms with E-state index in [-0.39, 0.29) is 5.91 Å². The fourth-order valence-corrected chi connectivity index (χ4v) is 4.08. The maximum absolute atomic E-state index is 12.6. The van der Waals surface area contributed by atoms with Gasteiger partial charge in [-0.2, -0.15) is 0 Å². The van der Waals surface area contributed by atoms with Crippen LogP contribution in [0.15, 0.2) is 59.5 Å². The highest BCUT2D eigenvalue weighted by atomic mass is 32.2. The van der Waals surface area contributed by atoms with Crippen LogP contribution in [0.4, 0.5) is 11.4 Å². The van der Waals surface area contributed by atoms with Gasteiger partial charge in [0.1, 0.15) is 0 Å². The van der Waals surface area contributed by atoms with Gasteiger partial charge in [-0.15, -0.1) is 11.3 Å². The molecule has 0 saturated heterocycles. The number of hydrogen-bond donors (Lipinski definition) is 3. The zero-order chi connectivity index (χ0) is 18.9. The monoisotopic (exact) mass is 387 g/mol. The van der Waals surface area contributed by atoms with Gasteiger partial charge in [0.15, 0.2) is 0 Å².